The Hall–Kier alpha value is 1.21. The number of hydrogen-bond acceptors (Lipinski definition) is 2. The standard InChI is InChI=1S/C8H16N2.BrH.3ClH.Fe/c1-3-4-5-10-7-6-9(2)8-10;;;;;/h6-7H,3-5,8H2,1-2H3;4*1H;. The van der Waals surface area contributed by atoms with E-state index < -0.39 is 0 Å². The summed E-state index contributed by atoms with van der Waals surface area (Å²) in [6.45, 7) is 4.50. The van der Waals surface area contributed by atoms with Gasteiger partial charge in [0.2, 0.25) is 0 Å². The van der Waals surface area contributed by atoms with Gasteiger partial charge in [0.25, 0.3) is 0 Å². The van der Waals surface area contributed by atoms with E-state index in [4.69, 9.17) is 0 Å². The summed E-state index contributed by atoms with van der Waals surface area (Å²) in [6, 6.07) is 0. The number of nitrogens with zero attached hydrogens (tertiary/aromatic N) is 2. The molecule has 1 aliphatic rings. The minimum atomic E-state index is 0. The molecule has 0 fully saturated rings. The van der Waals surface area contributed by atoms with Gasteiger partial charge < -0.3 is 9.80 Å². The Morgan fingerprint density at radius 2 is 1.67 bits per heavy atom. The van der Waals surface area contributed by atoms with Crippen molar-refractivity contribution in [2.75, 3.05) is 20.3 Å². The zero-order valence-corrected chi connectivity index (χ0v) is 14.1. The largest absolute Gasteiger partial charge is 0.362 e. The van der Waals surface area contributed by atoms with Crippen molar-refractivity contribution in [2.45, 2.75) is 19.8 Å². The molecule has 1 heterocycles. The summed E-state index contributed by atoms with van der Waals surface area (Å²) in [6.07, 6.45) is 6.87. The molecule has 0 aromatic carbocycles. The molecular formula is C8H20BrCl3FeN2. The van der Waals surface area contributed by atoms with Gasteiger partial charge in [-0.1, -0.05) is 13.3 Å². The number of unbranched alkanes of at least 4 members (excludes halogenated alkanes) is 1. The molecule has 0 saturated heterocycles. The fourth-order valence-electron chi connectivity index (χ4n) is 1.10. The van der Waals surface area contributed by atoms with Crippen molar-refractivity contribution in [3.05, 3.63) is 12.4 Å². The normalized spacial score (nSPS) is 11.3. The molecule has 0 radical (unpaired) electrons. The van der Waals surface area contributed by atoms with Gasteiger partial charge in [-0.2, -0.15) is 0 Å². The summed E-state index contributed by atoms with van der Waals surface area (Å²) in [4.78, 5) is 4.53. The van der Waals surface area contributed by atoms with Crippen LogP contribution < -0.4 is 0 Å². The molecule has 0 saturated carbocycles. The van der Waals surface area contributed by atoms with Crippen molar-refractivity contribution in [3.8, 4) is 0 Å². The van der Waals surface area contributed by atoms with E-state index in [1.807, 2.05) is 0 Å². The summed E-state index contributed by atoms with van der Waals surface area (Å²) in [5.74, 6) is 0. The maximum Gasteiger partial charge on any atom is 0.0890 e. The number of hydrogen-bond donors (Lipinski definition) is 0. The average molecular weight is 386 g/mol. The Morgan fingerprint density at radius 1 is 1.13 bits per heavy atom. The van der Waals surface area contributed by atoms with Crippen LogP contribution in [0.25, 0.3) is 0 Å². The van der Waals surface area contributed by atoms with E-state index in [1.165, 1.54) is 19.4 Å². The molecule has 0 aliphatic carbocycles. The van der Waals surface area contributed by atoms with Crippen LogP contribution in [0.15, 0.2) is 12.4 Å². The monoisotopic (exact) mass is 384 g/mol. The molecule has 0 spiro atoms. The van der Waals surface area contributed by atoms with Gasteiger partial charge in [-0.05, 0) is 6.42 Å². The summed E-state index contributed by atoms with van der Waals surface area (Å²) < 4.78 is 0. The van der Waals surface area contributed by atoms with Gasteiger partial charge in [0, 0.05) is 43.1 Å². The van der Waals surface area contributed by atoms with E-state index in [-0.39, 0.29) is 71.3 Å². The Bertz CT molecular complexity index is 141. The summed E-state index contributed by atoms with van der Waals surface area (Å²) in [7, 11) is 2.10. The Morgan fingerprint density at radius 3 is 2.00 bits per heavy atom. The third-order valence-corrected chi connectivity index (χ3v) is 1.74. The molecule has 0 aromatic heterocycles. The van der Waals surface area contributed by atoms with Crippen molar-refractivity contribution < 1.29 is 17.1 Å². The van der Waals surface area contributed by atoms with Crippen LogP contribution >= 0.6 is 54.2 Å². The van der Waals surface area contributed by atoms with Crippen molar-refractivity contribution >= 4 is 54.2 Å². The molecule has 0 aromatic rings. The summed E-state index contributed by atoms with van der Waals surface area (Å²) >= 11 is 0. The molecule has 1 rings (SSSR count). The minimum absolute atomic E-state index is 0. The zero-order chi connectivity index (χ0) is 7.40. The molecule has 0 amide bonds. The third-order valence-electron chi connectivity index (χ3n) is 1.74. The first-order valence-electron chi connectivity index (χ1n) is 3.95. The SMILES string of the molecule is Br.CCCCN1C=CN(C)C1.Cl.Cl.Cl.[Fe]. The first-order valence-corrected chi connectivity index (χ1v) is 3.95. The molecule has 15 heavy (non-hydrogen) atoms. The second-order valence-corrected chi connectivity index (χ2v) is 2.86. The Balaban J connectivity index is -0.0000000667. The van der Waals surface area contributed by atoms with Crippen LogP contribution in [0.1, 0.15) is 19.8 Å². The summed E-state index contributed by atoms with van der Waals surface area (Å²) in [5, 5.41) is 0. The zero-order valence-electron chi connectivity index (χ0n) is 8.86. The van der Waals surface area contributed by atoms with E-state index >= 15 is 0 Å². The van der Waals surface area contributed by atoms with Gasteiger partial charge in [0.1, 0.15) is 0 Å². The number of halogens is 4. The predicted molar refractivity (Wildman–Crippen MR) is 75.5 cm³/mol. The molecule has 0 bridgehead atoms. The molecule has 7 heteroatoms. The van der Waals surface area contributed by atoms with E-state index in [0.29, 0.717) is 0 Å². The molecular weight excluding hydrogens is 366 g/mol. The van der Waals surface area contributed by atoms with Crippen LogP contribution in [0, 0.1) is 0 Å². The van der Waals surface area contributed by atoms with Crippen LogP contribution in [-0.2, 0) is 17.1 Å². The quantitative estimate of drug-likeness (QED) is 0.687. The van der Waals surface area contributed by atoms with Gasteiger partial charge >= 0.3 is 0 Å². The fourth-order valence-corrected chi connectivity index (χ4v) is 1.10. The van der Waals surface area contributed by atoms with Gasteiger partial charge in [-0.3, -0.25) is 0 Å². The molecule has 0 unspecified atom stereocenters. The van der Waals surface area contributed by atoms with Crippen molar-refractivity contribution in [3.63, 3.8) is 0 Å². The topological polar surface area (TPSA) is 6.48 Å². The van der Waals surface area contributed by atoms with E-state index in [0.717, 1.165) is 6.67 Å². The molecule has 2 nitrogen and oxygen atoms in total. The molecule has 0 atom stereocenters. The van der Waals surface area contributed by atoms with Gasteiger partial charge in [0.15, 0.2) is 0 Å². The molecule has 0 N–H and O–H groups in total. The van der Waals surface area contributed by atoms with Crippen LogP contribution in [0.4, 0.5) is 0 Å². The second kappa shape index (κ2) is 17.6. The fraction of sp³-hybridized carbons (Fsp3) is 0.750. The minimum Gasteiger partial charge on any atom is -0.362 e. The Labute approximate surface area is 133 Å². The van der Waals surface area contributed by atoms with Crippen molar-refractivity contribution in [1.29, 1.82) is 0 Å². The second-order valence-electron chi connectivity index (χ2n) is 2.86. The summed E-state index contributed by atoms with van der Waals surface area (Å²) in [5.41, 5.74) is 0. The Kier molecular flexibility index (Phi) is 35.0. The maximum absolute atomic E-state index is 2.34. The third kappa shape index (κ3) is 13.1. The van der Waals surface area contributed by atoms with Crippen LogP contribution in [0.5, 0.6) is 0 Å². The smallest absolute Gasteiger partial charge is 0.0890 e. The first kappa shape index (κ1) is 29.8. The maximum atomic E-state index is 2.34. The van der Waals surface area contributed by atoms with Gasteiger partial charge in [-0.15, -0.1) is 54.2 Å². The molecule has 98 valence electrons. The van der Waals surface area contributed by atoms with Crippen molar-refractivity contribution in [2.24, 2.45) is 0 Å². The number of rotatable bonds is 3. The molecule has 1 aliphatic heterocycles. The van der Waals surface area contributed by atoms with E-state index in [9.17, 15) is 0 Å². The van der Waals surface area contributed by atoms with E-state index in [2.05, 4.69) is 36.2 Å². The average Bonchev–Trinajstić information content (AvgIpc) is 2.31. The predicted octanol–water partition coefficient (Wildman–Crippen LogP) is 3.30. The van der Waals surface area contributed by atoms with Gasteiger partial charge in [-0.25, -0.2) is 0 Å². The van der Waals surface area contributed by atoms with Crippen LogP contribution in [0.3, 0.4) is 0 Å². The van der Waals surface area contributed by atoms with Crippen LogP contribution in [0.2, 0.25) is 0 Å². The van der Waals surface area contributed by atoms with E-state index in [1.54, 1.807) is 0 Å². The van der Waals surface area contributed by atoms with Crippen molar-refractivity contribution in [1.82, 2.24) is 9.80 Å². The van der Waals surface area contributed by atoms with Gasteiger partial charge in [0.05, 0.1) is 6.67 Å². The van der Waals surface area contributed by atoms with Crippen LogP contribution in [-0.4, -0.2) is 30.1 Å². The first-order chi connectivity index (χ1) is 4.83.